The standard InChI is InChI=1S/C25H26N2S/c1-26-13-15-27(16-14-26)21-11-12-23-24(17-21)28-18-20-9-5-6-10-22(20)25(23)19-7-3-2-4-8-19/h2-12,17,25H,13-16,18H2,1H3/p+1/t25-/m0/s1. The van der Waals surface area contributed by atoms with Crippen LogP contribution in [0.5, 0.6) is 0 Å². The van der Waals surface area contributed by atoms with Gasteiger partial charge in [-0.1, -0.05) is 60.7 Å². The summed E-state index contributed by atoms with van der Waals surface area (Å²) in [7, 11) is 2.30. The quantitative estimate of drug-likeness (QED) is 0.715. The maximum Gasteiger partial charge on any atom is 0.0947 e. The maximum absolute atomic E-state index is 2.56. The van der Waals surface area contributed by atoms with E-state index in [2.05, 4.69) is 84.7 Å². The minimum atomic E-state index is 0.313. The van der Waals surface area contributed by atoms with E-state index in [1.807, 2.05) is 11.8 Å². The summed E-state index contributed by atoms with van der Waals surface area (Å²) in [5, 5.41) is 0. The number of hydrogen-bond donors (Lipinski definition) is 1. The summed E-state index contributed by atoms with van der Waals surface area (Å²) in [5.74, 6) is 1.36. The molecule has 2 aliphatic rings. The number of nitrogens with zero attached hydrogens (tertiary/aromatic N) is 1. The van der Waals surface area contributed by atoms with Crippen LogP contribution in [0.25, 0.3) is 0 Å². The number of benzene rings is 3. The maximum atomic E-state index is 2.56. The van der Waals surface area contributed by atoms with Crippen LogP contribution in [0.3, 0.4) is 0 Å². The summed E-state index contributed by atoms with van der Waals surface area (Å²) in [6.07, 6.45) is 0. The van der Waals surface area contributed by atoms with Crippen molar-refractivity contribution in [2.24, 2.45) is 0 Å². The van der Waals surface area contributed by atoms with Gasteiger partial charge in [-0.2, -0.15) is 0 Å². The number of likely N-dealkylation sites (N-methyl/N-ethyl adjacent to an activating group) is 1. The van der Waals surface area contributed by atoms with Crippen LogP contribution < -0.4 is 9.80 Å². The average Bonchev–Trinajstić information content (AvgIpc) is 2.91. The van der Waals surface area contributed by atoms with Crippen LogP contribution in [-0.2, 0) is 5.75 Å². The highest BCUT2D eigenvalue weighted by Gasteiger charge is 2.26. The summed E-state index contributed by atoms with van der Waals surface area (Å²) in [5.41, 5.74) is 7.13. The molecule has 1 N–H and O–H groups in total. The van der Waals surface area contributed by atoms with E-state index >= 15 is 0 Å². The first-order valence-corrected chi connectivity index (χ1v) is 11.2. The molecule has 2 heterocycles. The molecule has 1 saturated heterocycles. The first-order chi connectivity index (χ1) is 13.8. The van der Waals surface area contributed by atoms with Crippen LogP contribution in [0, 0.1) is 0 Å². The van der Waals surface area contributed by atoms with E-state index in [-0.39, 0.29) is 0 Å². The monoisotopic (exact) mass is 387 g/mol. The van der Waals surface area contributed by atoms with Crippen molar-refractivity contribution in [3.8, 4) is 0 Å². The van der Waals surface area contributed by atoms with Crippen molar-refractivity contribution >= 4 is 17.4 Å². The molecular weight excluding hydrogens is 360 g/mol. The first-order valence-electron chi connectivity index (χ1n) is 10.3. The summed E-state index contributed by atoms with van der Waals surface area (Å²) < 4.78 is 0. The highest BCUT2D eigenvalue weighted by molar-refractivity contribution is 7.98. The molecule has 28 heavy (non-hydrogen) atoms. The fourth-order valence-electron chi connectivity index (χ4n) is 4.50. The van der Waals surface area contributed by atoms with Crippen LogP contribution >= 0.6 is 11.8 Å². The van der Waals surface area contributed by atoms with Gasteiger partial charge >= 0.3 is 0 Å². The van der Waals surface area contributed by atoms with E-state index in [1.165, 1.54) is 45.9 Å². The Morgan fingerprint density at radius 1 is 0.857 bits per heavy atom. The first kappa shape index (κ1) is 17.8. The molecule has 2 nitrogen and oxygen atoms in total. The van der Waals surface area contributed by atoms with E-state index in [0.29, 0.717) is 5.92 Å². The molecule has 0 amide bonds. The Balaban J connectivity index is 1.59. The smallest absolute Gasteiger partial charge is 0.0947 e. The fraction of sp³-hybridized carbons (Fsp3) is 0.280. The highest BCUT2D eigenvalue weighted by atomic mass is 32.2. The SMILES string of the molecule is C[NH+]1CCN(c2ccc3c(c2)SCc2ccccc2[C@@H]3c2ccccc2)CC1. The van der Waals surface area contributed by atoms with Gasteiger partial charge in [0.25, 0.3) is 0 Å². The van der Waals surface area contributed by atoms with E-state index in [9.17, 15) is 0 Å². The predicted octanol–water partition coefficient (Wildman–Crippen LogP) is 3.81. The van der Waals surface area contributed by atoms with E-state index in [1.54, 1.807) is 4.90 Å². The molecule has 1 atom stereocenters. The third-order valence-electron chi connectivity index (χ3n) is 6.17. The Kier molecular flexibility index (Phi) is 4.87. The third-order valence-corrected chi connectivity index (χ3v) is 7.29. The number of thioether (sulfide) groups is 1. The minimum absolute atomic E-state index is 0.313. The van der Waals surface area contributed by atoms with Crippen molar-refractivity contribution in [2.75, 3.05) is 38.1 Å². The molecule has 0 saturated carbocycles. The van der Waals surface area contributed by atoms with Crippen LogP contribution in [0.4, 0.5) is 5.69 Å². The Morgan fingerprint density at radius 2 is 1.61 bits per heavy atom. The van der Waals surface area contributed by atoms with Gasteiger partial charge in [-0.25, -0.2) is 0 Å². The Bertz CT molecular complexity index is 961. The lowest BCUT2D eigenvalue weighted by molar-refractivity contribution is -0.880. The fourth-order valence-corrected chi connectivity index (χ4v) is 5.64. The van der Waals surface area contributed by atoms with Crippen LogP contribution in [0.1, 0.15) is 28.2 Å². The average molecular weight is 388 g/mol. The van der Waals surface area contributed by atoms with Gasteiger partial charge in [-0.3, -0.25) is 0 Å². The van der Waals surface area contributed by atoms with Crippen LogP contribution in [0.2, 0.25) is 0 Å². The van der Waals surface area contributed by atoms with Gasteiger partial charge in [0.05, 0.1) is 33.2 Å². The number of nitrogens with one attached hydrogen (secondary N) is 1. The van der Waals surface area contributed by atoms with Crippen molar-refractivity contribution in [1.82, 2.24) is 0 Å². The molecule has 0 aliphatic carbocycles. The predicted molar refractivity (Wildman–Crippen MR) is 119 cm³/mol. The summed E-state index contributed by atoms with van der Waals surface area (Å²) in [6, 6.07) is 27.2. The van der Waals surface area contributed by atoms with Gasteiger partial charge in [0.15, 0.2) is 0 Å². The number of quaternary nitrogens is 1. The molecule has 3 aromatic rings. The summed E-state index contributed by atoms with van der Waals surface area (Å²) in [4.78, 5) is 5.64. The van der Waals surface area contributed by atoms with Crippen molar-refractivity contribution in [3.63, 3.8) is 0 Å². The molecule has 3 heteroatoms. The molecule has 0 radical (unpaired) electrons. The second kappa shape index (κ2) is 7.65. The number of fused-ring (bicyclic) bond motifs is 2. The Labute approximate surface area is 172 Å². The lowest BCUT2D eigenvalue weighted by Gasteiger charge is -2.32. The van der Waals surface area contributed by atoms with Gasteiger partial charge in [0.2, 0.25) is 0 Å². The van der Waals surface area contributed by atoms with Crippen molar-refractivity contribution < 1.29 is 4.90 Å². The Hall–Kier alpha value is -2.23. The number of hydrogen-bond acceptors (Lipinski definition) is 2. The Morgan fingerprint density at radius 3 is 2.43 bits per heavy atom. The topological polar surface area (TPSA) is 7.68 Å². The minimum Gasteiger partial charge on any atom is -0.360 e. The van der Waals surface area contributed by atoms with Crippen molar-refractivity contribution in [1.29, 1.82) is 0 Å². The molecule has 5 rings (SSSR count). The molecule has 1 fully saturated rings. The zero-order valence-corrected chi connectivity index (χ0v) is 17.2. The molecule has 142 valence electrons. The second-order valence-corrected chi connectivity index (χ2v) is 9.01. The summed E-state index contributed by atoms with van der Waals surface area (Å²) >= 11 is 2.00. The zero-order valence-electron chi connectivity index (χ0n) is 16.4. The molecular formula is C25H27N2S+. The van der Waals surface area contributed by atoms with Gasteiger partial charge in [-0.15, -0.1) is 11.8 Å². The molecule has 0 aromatic heterocycles. The van der Waals surface area contributed by atoms with Gasteiger partial charge in [0, 0.05) is 22.3 Å². The molecule has 0 bridgehead atoms. The molecule has 2 aliphatic heterocycles. The van der Waals surface area contributed by atoms with Crippen molar-refractivity contribution in [2.45, 2.75) is 16.6 Å². The normalized spacial score (nSPS) is 19.6. The second-order valence-electron chi connectivity index (χ2n) is 8.00. The van der Waals surface area contributed by atoms with Crippen LogP contribution in [0.15, 0.2) is 77.7 Å². The highest BCUT2D eigenvalue weighted by Crippen LogP contribution is 2.44. The molecule has 3 aromatic carbocycles. The van der Waals surface area contributed by atoms with E-state index in [0.717, 1.165) is 18.8 Å². The zero-order chi connectivity index (χ0) is 18.9. The van der Waals surface area contributed by atoms with E-state index in [4.69, 9.17) is 0 Å². The van der Waals surface area contributed by atoms with Gasteiger partial charge in [0.1, 0.15) is 0 Å². The molecule has 0 unspecified atom stereocenters. The summed E-state index contributed by atoms with van der Waals surface area (Å²) in [6.45, 7) is 4.75. The molecule has 0 spiro atoms. The van der Waals surface area contributed by atoms with Crippen molar-refractivity contribution in [3.05, 3.63) is 95.1 Å². The lowest BCUT2D eigenvalue weighted by Crippen LogP contribution is -3.12. The third kappa shape index (κ3) is 3.34. The number of piperazine rings is 1. The number of anilines is 1. The van der Waals surface area contributed by atoms with E-state index < -0.39 is 0 Å². The largest absolute Gasteiger partial charge is 0.360 e. The van der Waals surface area contributed by atoms with Gasteiger partial charge in [-0.05, 0) is 34.4 Å². The van der Waals surface area contributed by atoms with Crippen LogP contribution in [-0.4, -0.2) is 33.2 Å². The number of rotatable bonds is 2. The van der Waals surface area contributed by atoms with Gasteiger partial charge < -0.3 is 9.80 Å². The lowest BCUT2D eigenvalue weighted by atomic mass is 9.83.